The Bertz CT molecular complexity index is 880. The maximum Gasteiger partial charge on any atom is 0.326 e. The molecule has 2 heterocycles. The number of hydrogen-bond donors (Lipinski definition) is 2. The SMILES string of the molecule is CC(C)C(NC(=O)c1ccc2cnccc2c1)C(=O)N1CCC[C@H]1C(=O)O. The summed E-state index contributed by atoms with van der Waals surface area (Å²) in [6, 6.07) is 5.49. The van der Waals surface area contributed by atoms with Gasteiger partial charge in [0.25, 0.3) is 5.91 Å². The first kappa shape index (κ1) is 18.8. The first-order valence-corrected chi connectivity index (χ1v) is 9.06. The highest BCUT2D eigenvalue weighted by Gasteiger charge is 2.38. The van der Waals surface area contributed by atoms with Crippen LogP contribution < -0.4 is 5.32 Å². The molecular formula is C20H23N3O4. The standard InChI is InChI=1S/C20H23N3O4/c1-12(2)17(19(25)23-9-3-4-16(23)20(26)27)22-18(24)14-5-6-15-11-21-8-7-13(15)10-14/h5-8,10-12,16-17H,3-4,9H2,1-2H3,(H,22,24)(H,26,27)/t16-,17?/m0/s1. The van der Waals surface area contributed by atoms with Crippen molar-refractivity contribution in [3.63, 3.8) is 0 Å². The van der Waals surface area contributed by atoms with E-state index < -0.39 is 18.1 Å². The Labute approximate surface area is 157 Å². The molecule has 2 N–H and O–H groups in total. The summed E-state index contributed by atoms with van der Waals surface area (Å²) in [7, 11) is 0. The number of rotatable bonds is 5. The van der Waals surface area contributed by atoms with Crippen LogP contribution in [0, 0.1) is 5.92 Å². The molecule has 7 heteroatoms. The summed E-state index contributed by atoms with van der Waals surface area (Å²) in [5.74, 6) is -1.86. The molecule has 1 aromatic carbocycles. The van der Waals surface area contributed by atoms with Crippen LogP contribution in [0.4, 0.5) is 0 Å². The molecule has 1 aromatic heterocycles. The smallest absolute Gasteiger partial charge is 0.326 e. The molecule has 7 nitrogen and oxygen atoms in total. The van der Waals surface area contributed by atoms with Crippen LogP contribution in [-0.2, 0) is 9.59 Å². The van der Waals surface area contributed by atoms with Crippen molar-refractivity contribution in [3.8, 4) is 0 Å². The lowest BCUT2D eigenvalue weighted by molar-refractivity contribution is -0.149. The number of benzene rings is 1. The largest absolute Gasteiger partial charge is 0.480 e. The average Bonchev–Trinajstić information content (AvgIpc) is 3.15. The molecular weight excluding hydrogens is 346 g/mol. The van der Waals surface area contributed by atoms with Gasteiger partial charge in [0.05, 0.1) is 0 Å². The number of carbonyl (C=O) groups is 3. The number of aromatic nitrogens is 1. The van der Waals surface area contributed by atoms with Crippen molar-refractivity contribution in [1.29, 1.82) is 0 Å². The monoisotopic (exact) mass is 369 g/mol. The predicted molar refractivity (Wildman–Crippen MR) is 100 cm³/mol. The van der Waals surface area contributed by atoms with Gasteiger partial charge in [-0.05, 0) is 42.3 Å². The highest BCUT2D eigenvalue weighted by Crippen LogP contribution is 2.21. The second-order valence-electron chi connectivity index (χ2n) is 7.16. The maximum absolute atomic E-state index is 12.9. The molecule has 1 fully saturated rings. The van der Waals surface area contributed by atoms with Crippen LogP contribution in [0.25, 0.3) is 10.8 Å². The molecule has 1 aliphatic heterocycles. The van der Waals surface area contributed by atoms with Crippen LogP contribution in [0.3, 0.4) is 0 Å². The Morgan fingerprint density at radius 2 is 2.00 bits per heavy atom. The Hall–Kier alpha value is -2.96. The summed E-state index contributed by atoms with van der Waals surface area (Å²) in [4.78, 5) is 42.5. The molecule has 2 amide bonds. The van der Waals surface area contributed by atoms with Gasteiger partial charge in [0.1, 0.15) is 12.1 Å². The van der Waals surface area contributed by atoms with E-state index in [1.807, 2.05) is 26.0 Å². The van der Waals surface area contributed by atoms with Gasteiger partial charge in [-0.3, -0.25) is 14.6 Å². The van der Waals surface area contributed by atoms with E-state index in [4.69, 9.17) is 0 Å². The van der Waals surface area contributed by atoms with Gasteiger partial charge in [-0.1, -0.05) is 19.9 Å². The Kier molecular flexibility index (Phi) is 5.39. The minimum atomic E-state index is -1.00. The number of likely N-dealkylation sites (tertiary alicyclic amines) is 1. The molecule has 1 aliphatic rings. The van der Waals surface area contributed by atoms with E-state index in [9.17, 15) is 19.5 Å². The van der Waals surface area contributed by atoms with Gasteiger partial charge >= 0.3 is 5.97 Å². The van der Waals surface area contributed by atoms with Gasteiger partial charge in [-0.25, -0.2) is 4.79 Å². The number of carboxylic acids is 1. The lowest BCUT2D eigenvalue weighted by atomic mass is 10.0. The Balaban J connectivity index is 1.79. The molecule has 0 bridgehead atoms. The Morgan fingerprint density at radius 3 is 2.70 bits per heavy atom. The summed E-state index contributed by atoms with van der Waals surface area (Å²) in [5, 5.41) is 13.9. The van der Waals surface area contributed by atoms with E-state index in [1.54, 1.807) is 24.5 Å². The quantitative estimate of drug-likeness (QED) is 0.840. The first-order valence-electron chi connectivity index (χ1n) is 9.06. The third-order valence-corrected chi connectivity index (χ3v) is 4.94. The van der Waals surface area contributed by atoms with Crippen LogP contribution in [-0.4, -0.2) is 51.4 Å². The number of carboxylic acid groups (broad SMARTS) is 1. The van der Waals surface area contributed by atoms with Gasteiger partial charge < -0.3 is 15.3 Å². The number of aliphatic carboxylic acids is 1. The number of pyridine rings is 1. The fourth-order valence-corrected chi connectivity index (χ4v) is 3.43. The molecule has 0 saturated carbocycles. The van der Waals surface area contributed by atoms with Gasteiger partial charge in [0.2, 0.25) is 5.91 Å². The van der Waals surface area contributed by atoms with E-state index in [2.05, 4.69) is 10.3 Å². The Morgan fingerprint density at radius 1 is 1.22 bits per heavy atom. The fraction of sp³-hybridized carbons (Fsp3) is 0.400. The normalized spacial score (nSPS) is 17.9. The summed E-state index contributed by atoms with van der Waals surface area (Å²) in [6.45, 7) is 4.07. The molecule has 1 unspecified atom stereocenters. The molecule has 142 valence electrons. The van der Waals surface area contributed by atoms with E-state index in [0.717, 1.165) is 10.8 Å². The van der Waals surface area contributed by atoms with Gasteiger partial charge in [-0.15, -0.1) is 0 Å². The third kappa shape index (κ3) is 3.92. The van der Waals surface area contributed by atoms with Crippen molar-refractivity contribution in [2.24, 2.45) is 5.92 Å². The highest BCUT2D eigenvalue weighted by molar-refractivity contribution is 6.01. The molecule has 1 saturated heterocycles. The second-order valence-corrected chi connectivity index (χ2v) is 7.16. The number of fused-ring (bicyclic) bond motifs is 1. The van der Waals surface area contributed by atoms with Gasteiger partial charge in [-0.2, -0.15) is 0 Å². The van der Waals surface area contributed by atoms with Crippen molar-refractivity contribution >= 4 is 28.6 Å². The van der Waals surface area contributed by atoms with Crippen LogP contribution in [0.1, 0.15) is 37.0 Å². The van der Waals surface area contributed by atoms with Crippen molar-refractivity contribution in [1.82, 2.24) is 15.2 Å². The van der Waals surface area contributed by atoms with Crippen molar-refractivity contribution in [2.45, 2.75) is 38.8 Å². The zero-order valence-corrected chi connectivity index (χ0v) is 15.4. The molecule has 27 heavy (non-hydrogen) atoms. The number of carbonyl (C=O) groups excluding carboxylic acids is 2. The fourth-order valence-electron chi connectivity index (χ4n) is 3.43. The predicted octanol–water partition coefficient (Wildman–Crippen LogP) is 2.06. The topological polar surface area (TPSA) is 99.6 Å². The minimum absolute atomic E-state index is 0.166. The minimum Gasteiger partial charge on any atom is -0.480 e. The summed E-state index contributed by atoms with van der Waals surface area (Å²) >= 11 is 0. The zero-order valence-electron chi connectivity index (χ0n) is 15.4. The van der Waals surface area contributed by atoms with Crippen LogP contribution >= 0.6 is 0 Å². The number of nitrogens with zero attached hydrogens (tertiary/aromatic N) is 2. The summed E-state index contributed by atoms with van der Waals surface area (Å²) in [6.07, 6.45) is 4.47. The van der Waals surface area contributed by atoms with Crippen molar-refractivity contribution in [2.75, 3.05) is 6.54 Å². The van der Waals surface area contributed by atoms with Crippen LogP contribution in [0.5, 0.6) is 0 Å². The molecule has 0 radical (unpaired) electrons. The second kappa shape index (κ2) is 7.73. The molecule has 2 aromatic rings. The lowest BCUT2D eigenvalue weighted by Crippen LogP contribution is -2.53. The van der Waals surface area contributed by atoms with E-state index in [1.165, 1.54) is 4.90 Å². The maximum atomic E-state index is 12.9. The van der Waals surface area contributed by atoms with E-state index in [-0.39, 0.29) is 17.7 Å². The van der Waals surface area contributed by atoms with Gasteiger partial charge in [0, 0.05) is 29.9 Å². The lowest BCUT2D eigenvalue weighted by Gasteiger charge is -2.29. The van der Waals surface area contributed by atoms with Crippen molar-refractivity contribution in [3.05, 3.63) is 42.2 Å². The zero-order chi connectivity index (χ0) is 19.6. The van der Waals surface area contributed by atoms with Crippen LogP contribution in [0.2, 0.25) is 0 Å². The molecule has 0 spiro atoms. The highest BCUT2D eigenvalue weighted by atomic mass is 16.4. The molecule has 0 aliphatic carbocycles. The number of nitrogens with one attached hydrogen (secondary N) is 1. The summed E-state index contributed by atoms with van der Waals surface area (Å²) in [5.41, 5.74) is 0.448. The van der Waals surface area contributed by atoms with Crippen LogP contribution in [0.15, 0.2) is 36.7 Å². The third-order valence-electron chi connectivity index (χ3n) is 4.94. The number of hydrogen-bond acceptors (Lipinski definition) is 4. The van der Waals surface area contributed by atoms with Crippen molar-refractivity contribution < 1.29 is 19.5 Å². The number of amides is 2. The summed E-state index contributed by atoms with van der Waals surface area (Å²) < 4.78 is 0. The van der Waals surface area contributed by atoms with E-state index >= 15 is 0 Å². The van der Waals surface area contributed by atoms with Gasteiger partial charge in [0.15, 0.2) is 0 Å². The molecule has 3 rings (SSSR count). The first-order chi connectivity index (χ1) is 12.9. The average molecular weight is 369 g/mol. The van der Waals surface area contributed by atoms with E-state index in [0.29, 0.717) is 24.9 Å². The molecule has 2 atom stereocenters.